The normalized spacial score (nSPS) is 46.1. The standard InChI is InChI=1S/C69H97Cl2NO38/c1-23-14-30(73)15-31(74)39(23)60(82)99-35-21-93-69(59-52(35)91-22-92-59)107-36-20-90-62(45(78)51(36)108-69)105-64-55(89-13)44(77)50(34(100-64)19-86-10)103-63-46(79)54(49(87-11)26(4)96-63)104-65-57(81)67(9)58(29(7)97-65)109-68(110-67)17-32(75)47(27(5)106-68)101-37-16-33(98-38-18-66(8,72(84)85)56(80)28(6)95-38)48(25(3)94-37)102-61(83)40-24(2)41(70)43(76)42(71)53(40)88-12/h14-15,25-29,32-38,44-52,54-59,62-65,73-81,84-85H,16-22H2,1-13H3. The minimum atomic E-state index is -2.06. The molecule has 2 spiro atoms. The van der Waals surface area contributed by atoms with Gasteiger partial charge in [0.2, 0.25) is 0 Å². The summed E-state index contributed by atoms with van der Waals surface area (Å²) in [7, 11) is 5.19. The highest BCUT2D eigenvalue weighted by molar-refractivity contribution is 6.39. The Labute approximate surface area is 639 Å². The van der Waals surface area contributed by atoms with Gasteiger partial charge in [0.25, 0.3) is 5.97 Å². The topological polar surface area (TPSA) is 491 Å². The summed E-state index contributed by atoms with van der Waals surface area (Å²) in [6.45, 7) is 12.6. The molecule has 0 saturated carbocycles. The van der Waals surface area contributed by atoms with Gasteiger partial charge >= 0.3 is 17.9 Å². The molecule has 41 heteroatoms. The fraction of sp³-hybridized carbons (Fsp3) is 0.797. The van der Waals surface area contributed by atoms with Gasteiger partial charge in [-0.25, -0.2) is 9.59 Å². The van der Waals surface area contributed by atoms with Crippen LogP contribution < -0.4 is 4.74 Å². The number of rotatable bonds is 20. The van der Waals surface area contributed by atoms with Gasteiger partial charge < -0.3 is 164 Å². The molecule has 35 atom stereocenters. The lowest BCUT2D eigenvalue weighted by Crippen LogP contribution is -2.68. The molecule has 0 radical (unpaired) electrons. The van der Waals surface area contributed by atoms with Crippen LogP contribution in [0.15, 0.2) is 12.1 Å². The SMILES string of the molecule is COCC1OC(OC2OCC3OC4(OCC(OC(=O)c5c(C)cc(O)cc5O)C5OCOC54)OC3C2O)C(OC)C(O)C1OC1OC(C)C(OC)C(OC2OC(C)C3OC4(CC(O)C(OC5CC(OC6CC(C)(N(O)O)C(O)C(C)O6)C(OC(=O)c6c(C)c(Cl)c(O)c(Cl)c6OC)C(C)O5)C(C)O4)OC3(C)C2O)C1O. The number of hydrogen-bond donors (Lipinski definition) is 11. The Morgan fingerprint density at radius 1 is 0.591 bits per heavy atom. The van der Waals surface area contributed by atoms with Crippen LogP contribution in [-0.2, 0) is 114 Å². The van der Waals surface area contributed by atoms with Crippen LogP contribution in [0.1, 0.15) is 99.6 Å². The second-order valence-electron chi connectivity index (χ2n) is 29.7. The maximum absolute atomic E-state index is 14.2. The molecule has 11 fully saturated rings. The van der Waals surface area contributed by atoms with E-state index >= 15 is 0 Å². The first-order valence-corrected chi connectivity index (χ1v) is 36.7. The number of benzene rings is 2. The minimum Gasteiger partial charge on any atom is -0.508 e. The van der Waals surface area contributed by atoms with Crippen LogP contribution in [0, 0.1) is 13.8 Å². The lowest BCUT2D eigenvalue weighted by atomic mass is 9.85. The van der Waals surface area contributed by atoms with Crippen molar-refractivity contribution in [3.05, 3.63) is 44.4 Å². The molecule has 620 valence electrons. The van der Waals surface area contributed by atoms with E-state index in [2.05, 4.69) is 0 Å². The van der Waals surface area contributed by atoms with E-state index in [4.69, 9.17) is 142 Å². The zero-order valence-corrected chi connectivity index (χ0v) is 63.7. The number of fused-ring (bicyclic) bond motifs is 4. The number of ether oxygens (including phenoxy) is 25. The number of hydrogen-bond acceptors (Lipinski definition) is 39. The fourth-order valence-electron chi connectivity index (χ4n) is 16.6. The highest BCUT2D eigenvalue weighted by Crippen LogP contribution is 2.53. The Morgan fingerprint density at radius 2 is 1.28 bits per heavy atom. The number of methoxy groups -OCH3 is 4. The molecule has 110 heavy (non-hydrogen) atoms. The summed E-state index contributed by atoms with van der Waals surface area (Å²) in [5.74, 6) is -7.54. The van der Waals surface area contributed by atoms with Crippen molar-refractivity contribution in [1.82, 2.24) is 5.23 Å². The number of phenolic OH excluding ortho intramolecular Hbond substituents is 3. The fourth-order valence-corrected chi connectivity index (χ4v) is 17.1. The zero-order valence-electron chi connectivity index (χ0n) is 62.1. The molecule has 11 heterocycles. The first kappa shape index (κ1) is 83.9. The van der Waals surface area contributed by atoms with Crippen molar-refractivity contribution >= 4 is 35.1 Å². The quantitative estimate of drug-likeness (QED) is 0.0632. The van der Waals surface area contributed by atoms with Crippen LogP contribution in [0.5, 0.6) is 23.0 Å². The van der Waals surface area contributed by atoms with Crippen LogP contribution in [0.4, 0.5) is 0 Å². The van der Waals surface area contributed by atoms with Crippen LogP contribution in [0.2, 0.25) is 10.0 Å². The molecule has 0 amide bonds. The van der Waals surface area contributed by atoms with E-state index in [0.29, 0.717) is 0 Å². The molecule has 11 N–H and O–H groups in total. The number of esters is 2. The van der Waals surface area contributed by atoms with Crippen molar-refractivity contribution in [2.24, 2.45) is 0 Å². The number of aliphatic hydroxyl groups is 6. The van der Waals surface area contributed by atoms with Gasteiger partial charge in [-0.3, -0.25) is 10.4 Å². The lowest BCUT2D eigenvalue weighted by Gasteiger charge is -2.50. The number of aryl methyl sites for hydroxylation is 1. The number of carbonyl (C=O) groups is 2. The summed E-state index contributed by atoms with van der Waals surface area (Å²) >= 11 is 12.8. The minimum absolute atomic E-state index is 0.0685. The predicted molar refractivity (Wildman–Crippen MR) is 357 cm³/mol. The molecule has 2 aromatic rings. The summed E-state index contributed by atoms with van der Waals surface area (Å²) in [4.78, 5) is 27.6. The third-order valence-electron chi connectivity index (χ3n) is 22.3. The molecule has 39 nitrogen and oxygen atoms in total. The van der Waals surface area contributed by atoms with Gasteiger partial charge in [-0.15, -0.1) is 0 Å². The van der Waals surface area contributed by atoms with Gasteiger partial charge in [-0.1, -0.05) is 28.4 Å². The molecule has 13 rings (SSSR count). The first-order valence-electron chi connectivity index (χ1n) is 36.0. The van der Waals surface area contributed by atoms with Gasteiger partial charge in [-0.05, 0) is 79.5 Å². The molecule has 0 bridgehead atoms. The van der Waals surface area contributed by atoms with E-state index in [0.717, 1.165) is 6.07 Å². The van der Waals surface area contributed by atoms with Gasteiger partial charge in [0.15, 0.2) is 67.6 Å². The molecule has 11 aliphatic rings. The van der Waals surface area contributed by atoms with Crippen LogP contribution in [0.3, 0.4) is 0 Å². The molecule has 11 saturated heterocycles. The van der Waals surface area contributed by atoms with E-state index in [9.17, 15) is 66.0 Å². The number of nitrogens with zero attached hydrogens (tertiary/aromatic N) is 1. The summed E-state index contributed by atoms with van der Waals surface area (Å²) in [6.07, 6.45) is -41.5. The lowest BCUT2D eigenvalue weighted by molar-refractivity contribution is -0.417. The largest absolute Gasteiger partial charge is 0.508 e. The molecule has 2 aromatic carbocycles. The highest BCUT2D eigenvalue weighted by Gasteiger charge is 2.70. The van der Waals surface area contributed by atoms with Gasteiger partial charge in [0.1, 0.15) is 143 Å². The molecule has 0 aliphatic carbocycles. The van der Waals surface area contributed by atoms with Crippen LogP contribution in [-0.4, -0.2) is 342 Å². The Balaban J connectivity index is 0.643. The smallest absolute Gasteiger partial charge is 0.342 e. The predicted octanol–water partition coefficient (Wildman–Crippen LogP) is 0.412. The van der Waals surface area contributed by atoms with Crippen molar-refractivity contribution in [3.63, 3.8) is 0 Å². The Kier molecular flexibility index (Phi) is 25.0. The van der Waals surface area contributed by atoms with E-state index in [1.54, 1.807) is 27.7 Å². The van der Waals surface area contributed by atoms with Crippen molar-refractivity contribution in [2.45, 2.75) is 295 Å². The van der Waals surface area contributed by atoms with Crippen molar-refractivity contribution in [2.75, 3.05) is 55.1 Å². The molecular weight excluding hydrogens is 1520 g/mol. The maximum Gasteiger partial charge on any atom is 0.342 e. The van der Waals surface area contributed by atoms with Gasteiger partial charge in [0.05, 0.1) is 75.0 Å². The second kappa shape index (κ2) is 32.8. The first-order chi connectivity index (χ1) is 52.0. The average molecular weight is 1620 g/mol. The summed E-state index contributed by atoms with van der Waals surface area (Å²) in [5.41, 5.74) is -3.55. The number of phenols is 3. The molecule has 11 aliphatic heterocycles. The van der Waals surface area contributed by atoms with Gasteiger partial charge in [0, 0.05) is 40.2 Å². The van der Waals surface area contributed by atoms with Crippen molar-refractivity contribution < 1.29 is 184 Å². The second-order valence-corrected chi connectivity index (χ2v) is 30.4. The van der Waals surface area contributed by atoms with Gasteiger partial charge in [-0.2, -0.15) is 0 Å². The van der Waals surface area contributed by atoms with E-state index < -0.39 is 243 Å². The highest BCUT2D eigenvalue weighted by atomic mass is 35.5. The van der Waals surface area contributed by atoms with Crippen molar-refractivity contribution in [3.8, 4) is 23.0 Å². The van der Waals surface area contributed by atoms with E-state index in [1.165, 1.54) is 69.1 Å². The monoisotopic (exact) mass is 1620 g/mol. The number of halogens is 2. The maximum atomic E-state index is 14.2. The van der Waals surface area contributed by atoms with E-state index in [-0.39, 0.29) is 88.5 Å². The zero-order chi connectivity index (χ0) is 79.4. The van der Waals surface area contributed by atoms with Crippen molar-refractivity contribution in [1.29, 1.82) is 0 Å². The molecule has 35 unspecified atom stereocenters. The number of carbonyl (C=O) groups excluding carboxylic acids is 2. The summed E-state index contributed by atoms with van der Waals surface area (Å²) in [5, 5.41) is 123. The number of aliphatic hydroxyl groups excluding tert-OH is 6. The van der Waals surface area contributed by atoms with Crippen LogP contribution in [0.25, 0.3) is 0 Å². The number of hydroxylamine groups is 2. The Morgan fingerprint density at radius 3 is 1.96 bits per heavy atom. The van der Waals surface area contributed by atoms with E-state index in [1.807, 2.05) is 0 Å². The summed E-state index contributed by atoms with van der Waals surface area (Å²) in [6, 6.07) is 2.28. The van der Waals surface area contributed by atoms with Crippen LogP contribution >= 0.6 is 23.2 Å². The third-order valence-corrected chi connectivity index (χ3v) is 23.1. The summed E-state index contributed by atoms with van der Waals surface area (Å²) < 4.78 is 154. The third kappa shape index (κ3) is 15.3. The number of aromatic hydroxyl groups is 3. The average Bonchev–Trinajstić information content (AvgIpc) is 1.56. The molecule has 0 aromatic heterocycles. The Hall–Kier alpha value is -4.08. The Bertz CT molecular complexity index is 3560. The molecular formula is C69H97Cl2NO38.